The molecule has 0 aliphatic rings. The van der Waals surface area contributed by atoms with E-state index < -0.39 is 0 Å². The van der Waals surface area contributed by atoms with Crippen LogP contribution < -0.4 is 10.1 Å². The Hall–Kier alpha value is -1.39. The Balaban J connectivity index is 2.35. The monoisotopic (exact) mass is 304 g/mol. The lowest BCUT2D eigenvalue weighted by molar-refractivity contribution is 0.411. The minimum absolute atomic E-state index is 0.0862. The van der Waals surface area contributed by atoms with Crippen molar-refractivity contribution in [1.29, 1.82) is 0 Å². The van der Waals surface area contributed by atoms with Gasteiger partial charge in [-0.25, -0.2) is 4.98 Å². The Bertz CT molecular complexity index is 613. The highest BCUT2D eigenvalue weighted by atomic mass is 32.1. The molecule has 1 N–H and O–H groups in total. The van der Waals surface area contributed by atoms with Crippen molar-refractivity contribution >= 4 is 11.3 Å². The maximum Gasteiger partial charge on any atom is 0.121 e. The van der Waals surface area contributed by atoms with Crippen LogP contribution in [0.25, 0.3) is 0 Å². The molecule has 0 radical (unpaired) electrons. The molecule has 21 heavy (non-hydrogen) atoms. The number of nitrogens with one attached hydrogen (secondary N) is 1. The molecule has 4 heteroatoms. The first-order valence-corrected chi connectivity index (χ1v) is 8.02. The summed E-state index contributed by atoms with van der Waals surface area (Å²) >= 11 is 1.71. The van der Waals surface area contributed by atoms with Crippen molar-refractivity contribution in [1.82, 2.24) is 10.3 Å². The van der Waals surface area contributed by atoms with E-state index in [9.17, 15) is 0 Å². The fourth-order valence-electron chi connectivity index (χ4n) is 2.28. The van der Waals surface area contributed by atoms with Gasteiger partial charge in [0.1, 0.15) is 10.8 Å². The Morgan fingerprint density at radius 2 is 2.00 bits per heavy atom. The molecule has 2 rings (SSSR count). The zero-order valence-corrected chi connectivity index (χ0v) is 14.5. The predicted octanol–water partition coefficient (Wildman–Crippen LogP) is 4.07. The molecule has 1 aromatic heterocycles. The van der Waals surface area contributed by atoms with E-state index in [0.29, 0.717) is 0 Å². The van der Waals surface area contributed by atoms with Crippen molar-refractivity contribution < 1.29 is 4.74 Å². The van der Waals surface area contributed by atoms with Gasteiger partial charge in [-0.1, -0.05) is 32.9 Å². The van der Waals surface area contributed by atoms with Gasteiger partial charge in [-0.05, 0) is 31.2 Å². The van der Waals surface area contributed by atoms with Crippen molar-refractivity contribution in [2.75, 3.05) is 14.2 Å². The second-order valence-electron chi connectivity index (χ2n) is 6.27. The second-order valence-corrected chi connectivity index (χ2v) is 7.16. The maximum absolute atomic E-state index is 5.33. The molecular weight excluding hydrogens is 280 g/mol. The summed E-state index contributed by atoms with van der Waals surface area (Å²) in [5.74, 6) is 0.920. The summed E-state index contributed by atoms with van der Waals surface area (Å²) in [5.41, 5.74) is 3.59. The third kappa shape index (κ3) is 3.44. The minimum Gasteiger partial charge on any atom is -0.496 e. The number of rotatable bonds is 4. The Morgan fingerprint density at radius 3 is 2.48 bits per heavy atom. The number of ether oxygens (including phenoxy) is 1. The van der Waals surface area contributed by atoms with Gasteiger partial charge in [-0.15, -0.1) is 11.3 Å². The molecule has 0 amide bonds. The Labute approximate surface area is 131 Å². The molecule has 3 nitrogen and oxygen atoms in total. The first-order valence-electron chi connectivity index (χ1n) is 7.14. The smallest absolute Gasteiger partial charge is 0.121 e. The SMILES string of the molecule is CNC(c1ccc(OC)c(C)c1)c1nc(C(C)(C)C)cs1. The highest BCUT2D eigenvalue weighted by Gasteiger charge is 2.22. The zero-order chi connectivity index (χ0) is 15.6. The number of methoxy groups -OCH3 is 1. The number of aryl methyl sites for hydroxylation is 1. The van der Waals surface area contributed by atoms with Gasteiger partial charge in [0.05, 0.1) is 18.8 Å². The Kier molecular flexibility index (Phi) is 4.69. The van der Waals surface area contributed by atoms with Gasteiger partial charge >= 0.3 is 0 Å². The van der Waals surface area contributed by atoms with Crippen LogP contribution in [0.1, 0.15) is 48.6 Å². The van der Waals surface area contributed by atoms with Crippen LogP contribution >= 0.6 is 11.3 Å². The summed E-state index contributed by atoms with van der Waals surface area (Å²) < 4.78 is 5.33. The fraction of sp³-hybridized carbons (Fsp3) is 0.471. The number of hydrogen-bond donors (Lipinski definition) is 1. The van der Waals surface area contributed by atoms with Crippen molar-refractivity contribution in [2.24, 2.45) is 0 Å². The molecule has 0 fully saturated rings. The molecular formula is C17H24N2OS. The fourth-order valence-corrected chi connectivity index (χ4v) is 3.46. The molecule has 1 atom stereocenters. The van der Waals surface area contributed by atoms with Gasteiger partial charge in [-0.3, -0.25) is 0 Å². The van der Waals surface area contributed by atoms with Crippen LogP contribution in [0.15, 0.2) is 23.6 Å². The van der Waals surface area contributed by atoms with E-state index in [2.05, 4.69) is 50.5 Å². The van der Waals surface area contributed by atoms with Gasteiger partial charge in [0.15, 0.2) is 0 Å². The van der Waals surface area contributed by atoms with E-state index in [1.807, 2.05) is 13.1 Å². The van der Waals surface area contributed by atoms with Crippen LogP contribution in [0.4, 0.5) is 0 Å². The van der Waals surface area contributed by atoms with E-state index in [4.69, 9.17) is 9.72 Å². The number of benzene rings is 1. The maximum atomic E-state index is 5.33. The van der Waals surface area contributed by atoms with E-state index in [0.717, 1.165) is 22.0 Å². The lowest BCUT2D eigenvalue weighted by atomic mass is 9.93. The third-order valence-corrected chi connectivity index (χ3v) is 4.49. The summed E-state index contributed by atoms with van der Waals surface area (Å²) in [4.78, 5) is 4.83. The number of hydrogen-bond acceptors (Lipinski definition) is 4. The lowest BCUT2D eigenvalue weighted by Gasteiger charge is -2.17. The van der Waals surface area contributed by atoms with Crippen LogP contribution in [-0.4, -0.2) is 19.1 Å². The van der Waals surface area contributed by atoms with Gasteiger partial charge in [0.25, 0.3) is 0 Å². The van der Waals surface area contributed by atoms with Crippen LogP contribution in [0.3, 0.4) is 0 Å². The predicted molar refractivity (Wildman–Crippen MR) is 89.4 cm³/mol. The Morgan fingerprint density at radius 1 is 1.29 bits per heavy atom. The highest BCUT2D eigenvalue weighted by Crippen LogP contribution is 2.31. The van der Waals surface area contributed by atoms with Crippen LogP contribution in [-0.2, 0) is 5.41 Å². The lowest BCUT2D eigenvalue weighted by Crippen LogP contribution is -2.19. The first-order chi connectivity index (χ1) is 9.86. The van der Waals surface area contributed by atoms with E-state index in [1.54, 1.807) is 18.4 Å². The molecule has 114 valence electrons. The van der Waals surface area contributed by atoms with E-state index in [1.165, 1.54) is 5.56 Å². The van der Waals surface area contributed by atoms with Crippen molar-refractivity contribution in [3.8, 4) is 5.75 Å². The summed E-state index contributed by atoms with van der Waals surface area (Å²) in [7, 11) is 3.68. The quantitative estimate of drug-likeness (QED) is 0.924. The van der Waals surface area contributed by atoms with Crippen molar-refractivity contribution in [3.05, 3.63) is 45.4 Å². The average molecular weight is 304 g/mol. The largest absolute Gasteiger partial charge is 0.496 e. The minimum atomic E-state index is 0.0862. The molecule has 0 aliphatic heterocycles. The van der Waals surface area contributed by atoms with E-state index >= 15 is 0 Å². The zero-order valence-electron chi connectivity index (χ0n) is 13.7. The molecule has 1 heterocycles. The standard InChI is InChI=1S/C17H24N2OS/c1-11-9-12(7-8-13(11)20-6)15(18-5)16-19-14(10-21-16)17(2,3)4/h7-10,15,18H,1-6H3. The van der Waals surface area contributed by atoms with Gasteiger partial charge in [-0.2, -0.15) is 0 Å². The topological polar surface area (TPSA) is 34.1 Å². The normalized spacial score (nSPS) is 13.2. The van der Waals surface area contributed by atoms with Crippen LogP contribution in [0.2, 0.25) is 0 Å². The van der Waals surface area contributed by atoms with Crippen molar-refractivity contribution in [2.45, 2.75) is 39.2 Å². The molecule has 0 saturated heterocycles. The third-order valence-electron chi connectivity index (χ3n) is 3.58. The van der Waals surface area contributed by atoms with Crippen LogP contribution in [0.5, 0.6) is 5.75 Å². The molecule has 0 bridgehead atoms. The number of aromatic nitrogens is 1. The summed E-state index contributed by atoms with van der Waals surface area (Å²) in [5, 5.41) is 6.64. The molecule has 0 aliphatic carbocycles. The second kappa shape index (κ2) is 6.16. The first kappa shape index (κ1) is 16.0. The summed E-state index contributed by atoms with van der Waals surface area (Å²) in [6, 6.07) is 6.41. The molecule has 1 aromatic carbocycles. The van der Waals surface area contributed by atoms with Gasteiger partial charge in [0.2, 0.25) is 0 Å². The molecule has 0 spiro atoms. The van der Waals surface area contributed by atoms with Crippen molar-refractivity contribution in [3.63, 3.8) is 0 Å². The average Bonchev–Trinajstić information content (AvgIpc) is 2.89. The number of nitrogens with zero attached hydrogens (tertiary/aromatic N) is 1. The number of thiazole rings is 1. The molecule has 0 saturated carbocycles. The van der Waals surface area contributed by atoms with Gasteiger partial charge < -0.3 is 10.1 Å². The molecule has 1 unspecified atom stereocenters. The van der Waals surface area contributed by atoms with Gasteiger partial charge in [0, 0.05) is 10.8 Å². The summed E-state index contributed by atoms with van der Waals surface area (Å²) in [6.07, 6.45) is 0. The molecule has 2 aromatic rings. The highest BCUT2D eigenvalue weighted by molar-refractivity contribution is 7.09. The van der Waals surface area contributed by atoms with E-state index in [-0.39, 0.29) is 11.5 Å². The summed E-state index contributed by atoms with van der Waals surface area (Å²) in [6.45, 7) is 8.64. The van der Waals surface area contributed by atoms with Crippen LogP contribution in [0, 0.1) is 6.92 Å².